The molecular weight excluding hydrogens is 213 g/mol. The van der Waals surface area contributed by atoms with Crippen molar-refractivity contribution in [3.05, 3.63) is 34.9 Å². The van der Waals surface area contributed by atoms with Crippen LogP contribution in [-0.2, 0) is 5.41 Å². The smallest absolute Gasteiger partial charge is 0.102 e. The van der Waals surface area contributed by atoms with Crippen molar-refractivity contribution >= 4 is 11.6 Å². The van der Waals surface area contributed by atoms with Crippen molar-refractivity contribution in [2.24, 2.45) is 0 Å². The lowest BCUT2D eigenvalue weighted by atomic mass is 9.63. The second kappa shape index (κ2) is 4.11. The van der Waals surface area contributed by atoms with E-state index in [-0.39, 0.29) is 5.41 Å². The molecule has 3 heteroatoms. The summed E-state index contributed by atoms with van der Waals surface area (Å²) in [6.07, 6.45) is 0.490. The lowest BCUT2D eigenvalue weighted by Gasteiger charge is -2.45. The first-order chi connectivity index (χ1) is 7.18. The lowest BCUT2D eigenvalue weighted by molar-refractivity contribution is 0.0941. The van der Waals surface area contributed by atoms with Gasteiger partial charge >= 0.3 is 0 Å². The van der Waals surface area contributed by atoms with Gasteiger partial charge in [0.25, 0.3) is 0 Å². The Bertz CT molecular complexity index is 342. The maximum Gasteiger partial charge on any atom is 0.102 e. The van der Waals surface area contributed by atoms with Crippen molar-refractivity contribution in [2.45, 2.75) is 24.4 Å². The third-order valence-electron chi connectivity index (χ3n) is 3.18. The quantitative estimate of drug-likeness (QED) is 0.837. The Morgan fingerprint density at radius 1 is 1.47 bits per heavy atom. The molecular formula is C12H15ClFN. The first kappa shape index (κ1) is 10.9. The Balaban J connectivity index is 2.30. The fraction of sp³-hybridized carbons (Fsp3) is 0.500. The maximum atomic E-state index is 13.1. The minimum absolute atomic E-state index is 0.0908. The van der Waals surface area contributed by atoms with E-state index in [9.17, 15) is 4.39 Å². The van der Waals surface area contributed by atoms with Crippen LogP contribution in [0.25, 0.3) is 0 Å². The zero-order valence-electron chi connectivity index (χ0n) is 8.76. The molecule has 1 aliphatic carbocycles. The van der Waals surface area contributed by atoms with E-state index in [1.54, 1.807) is 0 Å². The summed E-state index contributed by atoms with van der Waals surface area (Å²) >= 11 is 6.15. The summed E-state index contributed by atoms with van der Waals surface area (Å²) in [7, 11) is 1.89. The molecule has 1 N–H and O–H groups in total. The van der Waals surface area contributed by atoms with E-state index in [0.717, 1.165) is 17.1 Å². The Kier molecular flexibility index (Phi) is 2.98. The fourth-order valence-electron chi connectivity index (χ4n) is 2.48. The fourth-order valence-corrected chi connectivity index (χ4v) is 2.81. The van der Waals surface area contributed by atoms with Crippen LogP contribution in [0, 0.1) is 0 Å². The number of likely N-dealkylation sites (N-methyl/N-ethyl adjacent to an activating group) is 1. The number of alkyl halides is 1. The molecule has 1 nitrogen and oxygen atoms in total. The van der Waals surface area contributed by atoms with Crippen molar-refractivity contribution in [2.75, 3.05) is 13.6 Å². The van der Waals surface area contributed by atoms with Crippen LogP contribution >= 0.6 is 11.6 Å². The summed E-state index contributed by atoms with van der Waals surface area (Å²) in [4.78, 5) is 0. The second-order valence-electron chi connectivity index (χ2n) is 4.30. The van der Waals surface area contributed by atoms with Crippen LogP contribution in [0.4, 0.5) is 4.39 Å². The van der Waals surface area contributed by atoms with Gasteiger partial charge in [0.2, 0.25) is 0 Å². The standard InChI is InChI=1S/C12H15ClFN/c1-15-8-12(6-9(14)7-12)10-4-2-3-5-11(10)13/h2-5,9,15H,6-8H2,1H3. The molecule has 1 fully saturated rings. The van der Waals surface area contributed by atoms with E-state index >= 15 is 0 Å². The highest BCUT2D eigenvalue weighted by Gasteiger charge is 2.46. The molecule has 0 aromatic heterocycles. The summed E-state index contributed by atoms with van der Waals surface area (Å²) in [5, 5.41) is 3.88. The van der Waals surface area contributed by atoms with Crippen molar-refractivity contribution in [3.63, 3.8) is 0 Å². The summed E-state index contributed by atoms with van der Waals surface area (Å²) in [6, 6.07) is 7.75. The van der Waals surface area contributed by atoms with Crippen LogP contribution in [0.15, 0.2) is 24.3 Å². The monoisotopic (exact) mass is 227 g/mol. The third-order valence-corrected chi connectivity index (χ3v) is 3.51. The van der Waals surface area contributed by atoms with E-state index in [4.69, 9.17) is 11.6 Å². The van der Waals surface area contributed by atoms with E-state index in [0.29, 0.717) is 12.8 Å². The summed E-state index contributed by atoms with van der Waals surface area (Å²) < 4.78 is 13.1. The van der Waals surface area contributed by atoms with Crippen LogP contribution in [0.5, 0.6) is 0 Å². The molecule has 1 aromatic rings. The van der Waals surface area contributed by atoms with Gasteiger partial charge in [-0.25, -0.2) is 4.39 Å². The molecule has 1 aromatic carbocycles. The Labute approximate surface area is 94.6 Å². The maximum absolute atomic E-state index is 13.1. The summed E-state index contributed by atoms with van der Waals surface area (Å²) in [5.74, 6) is 0. The number of hydrogen-bond donors (Lipinski definition) is 1. The van der Waals surface area contributed by atoms with E-state index in [2.05, 4.69) is 5.32 Å². The van der Waals surface area contributed by atoms with Crippen LogP contribution in [-0.4, -0.2) is 19.8 Å². The molecule has 0 unspecified atom stereocenters. The molecule has 82 valence electrons. The van der Waals surface area contributed by atoms with Gasteiger partial charge < -0.3 is 5.32 Å². The lowest BCUT2D eigenvalue weighted by Crippen LogP contribution is -2.49. The predicted molar refractivity (Wildman–Crippen MR) is 61.2 cm³/mol. The van der Waals surface area contributed by atoms with Gasteiger partial charge in [0.05, 0.1) is 0 Å². The Hall–Kier alpha value is -0.600. The van der Waals surface area contributed by atoms with E-state index in [1.807, 2.05) is 31.3 Å². The molecule has 0 amide bonds. The van der Waals surface area contributed by atoms with Gasteiger partial charge in [-0.15, -0.1) is 0 Å². The average molecular weight is 228 g/mol. The highest BCUT2D eigenvalue weighted by molar-refractivity contribution is 6.31. The van der Waals surface area contributed by atoms with Crippen LogP contribution < -0.4 is 5.32 Å². The first-order valence-electron chi connectivity index (χ1n) is 5.22. The molecule has 0 aliphatic heterocycles. The number of rotatable bonds is 3. The number of nitrogens with one attached hydrogen (secondary N) is 1. The number of halogens is 2. The normalized spacial score (nSPS) is 29.9. The van der Waals surface area contributed by atoms with Gasteiger partial charge in [-0.2, -0.15) is 0 Å². The number of hydrogen-bond acceptors (Lipinski definition) is 1. The van der Waals surface area contributed by atoms with E-state index in [1.165, 1.54) is 0 Å². The molecule has 2 rings (SSSR count). The highest BCUT2D eigenvalue weighted by Crippen LogP contribution is 2.47. The highest BCUT2D eigenvalue weighted by atomic mass is 35.5. The van der Waals surface area contributed by atoms with Gasteiger partial charge in [-0.3, -0.25) is 0 Å². The van der Waals surface area contributed by atoms with Crippen LogP contribution in [0.2, 0.25) is 5.02 Å². The zero-order valence-corrected chi connectivity index (χ0v) is 9.52. The number of benzene rings is 1. The molecule has 0 saturated heterocycles. The average Bonchev–Trinajstić information content (AvgIpc) is 2.16. The molecule has 0 heterocycles. The molecule has 0 bridgehead atoms. The summed E-state index contributed by atoms with van der Waals surface area (Å²) in [6.45, 7) is 0.789. The second-order valence-corrected chi connectivity index (χ2v) is 4.70. The SMILES string of the molecule is CNCC1(c2ccccc2Cl)CC(F)C1. The van der Waals surface area contributed by atoms with Crippen molar-refractivity contribution in [1.82, 2.24) is 5.32 Å². The topological polar surface area (TPSA) is 12.0 Å². The van der Waals surface area contributed by atoms with Gasteiger partial charge in [0.15, 0.2) is 0 Å². The molecule has 0 spiro atoms. The molecule has 15 heavy (non-hydrogen) atoms. The van der Waals surface area contributed by atoms with Gasteiger partial charge in [0.1, 0.15) is 6.17 Å². The van der Waals surface area contributed by atoms with Crippen LogP contribution in [0.1, 0.15) is 18.4 Å². The minimum atomic E-state index is -0.672. The van der Waals surface area contributed by atoms with Gasteiger partial charge in [-0.1, -0.05) is 29.8 Å². The predicted octanol–water partition coefficient (Wildman–Crippen LogP) is 2.93. The van der Waals surface area contributed by atoms with E-state index < -0.39 is 6.17 Å². The van der Waals surface area contributed by atoms with Crippen molar-refractivity contribution in [3.8, 4) is 0 Å². The Morgan fingerprint density at radius 3 is 2.67 bits per heavy atom. The van der Waals surface area contributed by atoms with Gasteiger partial charge in [0, 0.05) is 17.0 Å². The minimum Gasteiger partial charge on any atom is -0.319 e. The Morgan fingerprint density at radius 2 is 2.13 bits per heavy atom. The van der Waals surface area contributed by atoms with Gasteiger partial charge in [-0.05, 0) is 31.5 Å². The largest absolute Gasteiger partial charge is 0.319 e. The first-order valence-corrected chi connectivity index (χ1v) is 5.59. The van der Waals surface area contributed by atoms with Crippen molar-refractivity contribution < 1.29 is 4.39 Å². The summed E-state index contributed by atoms with van der Waals surface area (Å²) in [5.41, 5.74) is 0.988. The molecule has 0 radical (unpaired) electrons. The molecule has 1 saturated carbocycles. The third kappa shape index (κ3) is 1.88. The van der Waals surface area contributed by atoms with Crippen molar-refractivity contribution in [1.29, 1.82) is 0 Å². The molecule has 0 atom stereocenters. The zero-order chi connectivity index (χ0) is 10.9. The molecule has 1 aliphatic rings. The van der Waals surface area contributed by atoms with Crippen LogP contribution in [0.3, 0.4) is 0 Å².